The lowest BCUT2D eigenvalue weighted by atomic mass is 9.86. The Kier molecular flexibility index (Phi) is 4.23. The normalized spacial score (nSPS) is 32.2. The molecule has 0 aromatic carbocycles. The van der Waals surface area contributed by atoms with Gasteiger partial charge in [-0.3, -0.25) is 4.18 Å². The third kappa shape index (κ3) is 2.99. The summed E-state index contributed by atoms with van der Waals surface area (Å²) < 4.78 is 16.5. The van der Waals surface area contributed by atoms with Gasteiger partial charge in [0.05, 0.1) is 6.10 Å². The van der Waals surface area contributed by atoms with Gasteiger partial charge >= 0.3 is 0 Å². The van der Waals surface area contributed by atoms with Crippen LogP contribution in [0.15, 0.2) is 0 Å². The summed E-state index contributed by atoms with van der Waals surface area (Å²) in [5, 5.41) is 0. The smallest absolute Gasteiger partial charge is 0.208 e. The van der Waals surface area contributed by atoms with Gasteiger partial charge < -0.3 is 0 Å². The van der Waals surface area contributed by atoms with Crippen molar-refractivity contribution in [1.29, 1.82) is 0 Å². The third-order valence-electron chi connectivity index (χ3n) is 2.54. The highest BCUT2D eigenvalue weighted by atomic mass is 32.2. The van der Waals surface area contributed by atoms with E-state index in [4.69, 9.17) is 4.18 Å². The average molecular weight is 178 g/mol. The maximum Gasteiger partial charge on any atom is 0.208 e. The molecule has 0 aromatic heterocycles. The summed E-state index contributed by atoms with van der Waals surface area (Å²) in [6.45, 7) is 2.22. The minimum Gasteiger partial charge on any atom is -0.284 e. The van der Waals surface area contributed by atoms with E-state index in [0.717, 1.165) is 18.8 Å². The van der Waals surface area contributed by atoms with E-state index in [0.29, 0.717) is 0 Å². The van der Waals surface area contributed by atoms with Crippen LogP contribution in [0.5, 0.6) is 0 Å². The van der Waals surface area contributed by atoms with Gasteiger partial charge in [0.25, 0.3) is 0 Å². The molecule has 0 aliphatic heterocycles. The van der Waals surface area contributed by atoms with Gasteiger partial charge in [0.2, 0.25) is 12.4 Å². The van der Waals surface area contributed by atoms with E-state index >= 15 is 0 Å². The largest absolute Gasteiger partial charge is 0.284 e. The highest BCUT2D eigenvalue weighted by Crippen LogP contribution is 2.30. The second-order valence-electron chi connectivity index (χ2n) is 3.21. The second-order valence-corrected chi connectivity index (χ2v) is 3.53. The molecule has 3 heteroatoms. The molecule has 11 heavy (non-hydrogen) atoms. The first kappa shape index (κ1) is 9.33. The summed E-state index contributed by atoms with van der Waals surface area (Å²) in [5.41, 5.74) is 0. The second kappa shape index (κ2) is 4.99. The summed E-state index contributed by atoms with van der Waals surface area (Å²) >= 11 is 0.0170. The maximum atomic E-state index is 11.7. The van der Waals surface area contributed by atoms with E-state index in [1.807, 2.05) is 0 Å². The Morgan fingerprint density at radius 3 is 2.45 bits per heavy atom. The van der Waals surface area contributed by atoms with Gasteiger partial charge in [-0.05, 0) is 31.6 Å². The van der Waals surface area contributed by atoms with Crippen LogP contribution < -0.4 is 0 Å². The zero-order chi connectivity index (χ0) is 8.10. The Labute approximate surface area is 72.2 Å². The van der Waals surface area contributed by atoms with Crippen LogP contribution in [0, 0.1) is 5.92 Å². The van der Waals surface area contributed by atoms with Gasteiger partial charge in [-0.15, -0.1) is 3.89 Å². The molecule has 1 saturated carbocycles. The summed E-state index contributed by atoms with van der Waals surface area (Å²) in [5.74, 6) is 0.861. The average Bonchev–Trinajstić information content (AvgIpc) is 2.07. The van der Waals surface area contributed by atoms with Gasteiger partial charge in [0.1, 0.15) is 0 Å². The maximum absolute atomic E-state index is 11.7. The molecule has 0 atom stereocenters. The van der Waals surface area contributed by atoms with Gasteiger partial charge in [-0.1, -0.05) is 13.3 Å². The molecule has 1 nitrogen and oxygen atoms in total. The predicted octanol–water partition coefficient (Wildman–Crippen LogP) is 3.50. The molecule has 0 aromatic rings. The molecule has 1 aliphatic rings. The standard InChI is InChI=1S/C8H15FOS/c1-2-7-3-5-8(6-4-7)10-11-9/h7-8H,2-6H2,1H3. The Morgan fingerprint density at radius 1 is 1.36 bits per heavy atom. The summed E-state index contributed by atoms with van der Waals surface area (Å²) in [6, 6.07) is 0. The number of halogens is 1. The van der Waals surface area contributed by atoms with E-state index in [2.05, 4.69) is 6.92 Å². The molecule has 66 valence electrons. The van der Waals surface area contributed by atoms with Crippen LogP contribution in [0.3, 0.4) is 0 Å². The zero-order valence-corrected chi connectivity index (χ0v) is 7.70. The molecule has 0 spiro atoms. The van der Waals surface area contributed by atoms with Crippen LogP contribution in [0.1, 0.15) is 39.0 Å². The summed E-state index contributed by atoms with van der Waals surface area (Å²) in [6.07, 6.45) is 5.93. The van der Waals surface area contributed by atoms with Gasteiger partial charge in [-0.2, -0.15) is 0 Å². The van der Waals surface area contributed by atoms with Crippen molar-refractivity contribution in [3.63, 3.8) is 0 Å². The van der Waals surface area contributed by atoms with Crippen LogP contribution >= 0.6 is 12.4 Å². The van der Waals surface area contributed by atoms with Crippen LogP contribution in [0.4, 0.5) is 3.89 Å². The Bertz CT molecular complexity index is 102. The Balaban J connectivity index is 2.14. The summed E-state index contributed by atoms with van der Waals surface area (Å²) in [4.78, 5) is 0. The van der Waals surface area contributed by atoms with Crippen LogP contribution in [-0.4, -0.2) is 6.10 Å². The lowest BCUT2D eigenvalue weighted by Gasteiger charge is -2.25. The zero-order valence-electron chi connectivity index (χ0n) is 6.88. The molecule has 0 radical (unpaired) electrons. The van der Waals surface area contributed by atoms with Crippen molar-refractivity contribution in [3.05, 3.63) is 0 Å². The van der Waals surface area contributed by atoms with Crippen molar-refractivity contribution in [2.45, 2.75) is 45.1 Å². The Hall–Kier alpha value is 0.240. The van der Waals surface area contributed by atoms with Gasteiger partial charge in [-0.25, -0.2) is 0 Å². The molecule has 1 aliphatic carbocycles. The molecule has 0 amide bonds. The third-order valence-corrected chi connectivity index (χ3v) is 2.89. The van der Waals surface area contributed by atoms with Gasteiger partial charge in [0, 0.05) is 0 Å². The van der Waals surface area contributed by atoms with Crippen molar-refractivity contribution < 1.29 is 8.07 Å². The molecule has 0 heterocycles. The van der Waals surface area contributed by atoms with Crippen molar-refractivity contribution in [1.82, 2.24) is 0 Å². The monoisotopic (exact) mass is 178 g/mol. The first-order valence-corrected chi connectivity index (χ1v) is 4.95. The number of hydrogen-bond acceptors (Lipinski definition) is 2. The van der Waals surface area contributed by atoms with Crippen LogP contribution in [0.25, 0.3) is 0 Å². The van der Waals surface area contributed by atoms with Crippen molar-refractivity contribution in [3.8, 4) is 0 Å². The van der Waals surface area contributed by atoms with E-state index < -0.39 is 0 Å². The first-order valence-electron chi connectivity index (χ1n) is 4.31. The predicted molar refractivity (Wildman–Crippen MR) is 45.8 cm³/mol. The van der Waals surface area contributed by atoms with E-state index in [-0.39, 0.29) is 18.5 Å². The first-order chi connectivity index (χ1) is 5.36. The molecule has 1 rings (SSSR count). The summed E-state index contributed by atoms with van der Waals surface area (Å²) in [7, 11) is 0. The number of rotatable bonds is 3. The van der Waals surface area contributed by atoms with Crippen molar-refractivity contribution in [2.75, 3.05) is 0 Å². The minimum atomic E-state index is 0.0170. The molecule has 0 saturated heterocycles. The van der Waals surface area contributed by atoms with E-state index in [1.54, 1.807) is 0 Å². The quantitative estimate of drug-likeness (QED) is 0.612. The molecular formula is C8H15FOS. The highest BCUT2D eigenvalue weighted by Gasteiger charge is 2.20. The van der Waals surface area contributed by atoms with Crippen LogP contribution in [-0.2, 0) is 4.18 Å². The Morgan fingerprint density at radius 2 is 2.00 bits per heavy atom. The molecular weight excluding hydrogens is 163 g/mol. The lowest BCUT2D eigenvalue weighted by molar-refractivity contribution is 0.149. The van der Waals surface area contributed by atoms with Crippen molar-refractivity contribution in [2.24, 2.45) is 5.92 Å². The molecule has 0 bridgehead atoms. The van der Waals surface area contributed by atoms with E-state index in [9.17, 15) is 3.89 Å². The molecule has 0 unspecified atom stereocenters. The molecule has 1 fully saturated rings. The topological polar surface area (TPSA) is 9.23 Å². The van der Waals surface area contributed by atoms with Gasteiger partial charge in [0.15, 0.2) is 0 Å². The molecule has 0 N–H and O–H groups in total. The fourth-order valence-electron chi connectivity index (χ4n) is 1.69. The van der Waals surface area contributed by atoms with Crippen LogP contribution in [0.2, 0.25) is 0 Å². The van der Waals surface area contributed by atoms with E-state index in [1.165, 1.54) is 19.3 Å². The highest BCUT2D eigenvalue weighted by molar-refractivity contribution is 7.89. The van der Waals surface area contributed by atoms with Crippen molar-refractivity contribution >= 4 is 12.4 Å². The number of hydrogen-bond donors (Lipinski definition) is 0. The minimum absolute atomic E-state index is 0.0170. The lowest BCUT2D eigenvalue weighted by Crippen LogP contribution is -2.18. The SMILES string of the molecule is CCC1CCC(OSF)CC1. The fraction of sp³-hybridized carbons (Fsp3) is 1.00. The fourth-order valence-corrected chi connectivity index (χ4v) is 1.98.